The number of carbonyl (C=O) groups is 1. The number of ether oxygens (including phenoxy) is 1. The minimum Gasteiger partial charge on any atom is -0.487 e. The van der Waals surface area contributed by atoms with Crippen LogP contribution >= 0.6 is 0 Å². The average molecular weight is 316 g/mol. The minimum atomic E-state index is 0.0712. The Morgan fingerprint density at radius 2 is 2.09 bits per heavy atom. The Bertz CT molecular complexity index is 540. The molecule has 126 valence electrons. The van der Waals surface area contributed by atoms with Crippen LogP contribution in [0.1, 0.15) is 38.2 Å². The van der Waals surface area contributed by atoms with Crippen LogP contribution in [0.25, 0.3) is 0 Å². The Morgan fingerprint density at radius 1 is 1.26 bits per heavy atom. The number of hydrogen-bond donors (Lipinski definition) is 0. The highest BCUT2D eigenvalue weighted by atomic mass is 16.5. The van der Waals surface area contributed by atoms with E-state index in [9.17, 15) is 4.79 Å². The zero-order valence-electron chi connectivity index (χ0n) is 14.3. The third kappa shape index (κ3) is 3.86. The van der Waals surface area contributed by atoms with E-state index in [1.54, 1.807) is 0 Å². The molecular formula is C19H28N2O2. The summed E-state index contributed by atoms with van der Waals surface area (Å²) >= 11 is 0. The van der Waals surface area contributed by atoms with Crippen molar-refractivity contribution in [3.63, 3.8) is 0 Å². The summed E-state index contributed by atoms with van der Waals surface area (Å²) in [6.45, 7) is 4.62. The van der Waals surface area contributed by atoms with Gasteiger partial charge in [-0.15, -0.1) is 0 Å². The lowest BCUT2D eigenvalue weighted by molar-refractivity contribution is -0.145. The van der Waals surface area contributed by atoms with Gasteiger partial charge in [-0.25, -0.2) is 0 Å². The predicted octanol–water partition coefficient (Wildman–Crippen LogP) is 2.71. The van der Waals surface area contributed by atoms with Crippen LogP contribution in [-0.2, 0) is 11.2 Å². The number of likely N-dealkylation sites (N-methyl/N-ethyl adjacent to an activating group) is 1. The van der Waals surface area contributed by atoms with Crippen molar-refractivity contribution < 1.29 is 9.53 Å². The van der Waals surface area contributed by atoms with Crippen LogP contribution < -0.4 is 4.74 Å². The maximum atomic E-state index is 12.7. The molecule has 3 rings (SSSR count). The first-order chi connectivity index (χ1) is 11.2. The molecule has 0 aliphatic carbocycles. The number of carbonyl (C=O) groups excluding carboxylic acids is 1. The number of amides is 1. The van der Waals surface area contributed by atoms with Gasteiger partial charge in [0.05, 0.1) is 19.1 Å². The molecule has 1 amide bonds. The Hall–Kier alpha value is -1.55. The normalized spacial score (nSPS) is 23.2. The fourth-order valence-corrected chi connectivity index (χ4v) is 3.50. The molecule has 4 nitrogen and oxygen atoms in total. The second kappa shape index (κ2) is 7.35. The molecule has 2 aliphatic rings. The number of likely N-dealkylation sites (tertiary alicyclic amines) is 2. The second-order valence-electron chi connectivity index (χ2n) is 6.83. The molecule has 0 aromatic heterocycles. The van der Waals surface area contributed by atoms with E-state index in [1.165, 1.54) is 24.8 Å². The van der Waals surface area contributed by atoms with E-state index in [0.717, 1.165) is 38.2 Å². The van der Waals surface area contributed by atoms with Gasteiger partial charge in [-0.1, -0.05) is 31.9 Å². The Labute approximate surface area is 139 Å². The number of nitrogens with zero attached hydrogens (tertiary/aromatic N) is 2. The van der Waals surface area contributed by atoms with Crippen LogP contribution in [0.3, 0.4) is 0 Å². The van der Waals surface area contributed by atoms with E-state index < -0.39 is 0 Å². The van der Waals surface area contributed by atoms with Crippen molar-refractivity contribution in [3.05, 3.63) is 29.8 Å². The molecule has 0 N–H and O–H groups in total. The van der Waals surface area contributed by atoms with Gasteiger partial charge in [-0.3, -0.25) is 9.69 Å². The fourth-order valence-electron chi connectivity index (χ4n) is 3.50. The molecule has 2 heterocycles. The van der Waals surface area contributed by atoms with Crippen molar-refractivity contribution >= 4 is 5.91 Å². The van der Waals surface area contributed by atoms with Gasteiger partial charge < -0.3 is 9.64 Å². The summed E-state index contributed by atoms with van der Waals surface area (Å²) in [7, 11) is 2.08. The quantitative estimate of drug-likeness (QED) is 0.856. The summed E-state index contributed by atoms with van der Waals surface area (Å²) in [5.41, 5.74) is 1.29. The highest BCUT2D eigenvalue weighted by Gasteiger charge is 2.37. The summed E-state index contributed by atoms with van der Waals surface area (Å²) in [6, 6.07) is 8.33. The third-order valence-corrected chi connectivity index (χ3v) is 5.07. The third-order valence-electron chi connectivity index (χ3n) is 5.07. The molecule has 1 aromatic rings. The first kappa shape index (κ1) is 16.3. The highest BCUT2D eigenvalue weighted by molar-refractivity contribution is 5.82. The van der Waals surface area contributed by atoms with Crippen molar-refractivity contribution in [1.82, 2.24) is 9.80 Å². The zero-order chi connectivity index (χ0) is 16.2. The molecular weight excluding hydrogens is 288 g/mol. The molecule has 0 unspecified atom stereocenters. The molecule has 23 heavy (non-hydrogen) atoms. The summed E-state index contributed by atoms with van der Waals surface area (Å²) in [5.74, 6) is 1.21. The maximum absolute atomic E-state index is 12.7. The maximum Gasteiger partial charge on any atom is 0.240 e. The van der Waals surface area contributed by atoms with Crippen LogP contribution in [0.5, 0.6) is 5.75 Å². The van der Waals surface area contributed by atoms with Crippen LogP contribution in [0.15, 0.2) is 24.3 Å². The second-order valence-corrected chi connectivity index (χ2v) is 6.83. The molecule has 4 heteroatoms. The van der Waals surface area contributed by atoms with Gasteiger partial charge in [0, 0.05) is 0 Å². The molecule has 0 radical (unpaired) electrons. The first-order valence-corrected chi connectivity index (χ1v) is 8.92. The van der Waals surface area contributed by atoms with Gasteiger partial charge >= 0.3 is 0 Å². The van der Waals surface area contributed by atoms with Gasteiger partial charge in [0.1, 0.15) is 11.9 Å². The topological polar surface area (TPSA) is 32.8 Å². The largest absolute Gasteiger partial charge is 0.487 e. The summed E-state index contributed by atoms with van der Waals surface area (Å²) in [4.78, 5) is 16.9. The minimum absolute atomic E-state index is 0.0712. The van der Waals surface area contributed by atoms with Gasteiger partial charge in [0.25, 0.3) is 0 Å². The molecule has 2 aliphatic heterocycles. The first-order valence-electron chi connectivity index (χ1n) is 8.92. The number of aryl methyl sites for hydroxylation is 1. The van der Waals surface area contributed by atoms with Crippen LogP contribution in [0.2, 0.25) is 0 Å². The smallest absolute Gasteiger partial charge is 0.240 e. The van der Waals surface area contributed by atoms with Crippen molar-refractivity contribution in [2.75, 3.05) is 26.7 Å². The van der Waals surface area contributed by atoms with E-state index >= 15 is 0 Å². The SMILES string of the molecule is CCc1cccc(OC2CN(C(=O)[C@@H]3CCCCCN3C)C2)c1. The lowest BCUT2D eigenvalue weighted by atomic mass is 10.0. The van der Waals surface area contributed by atoms with E-state index in [2.05, 4.69) is 31.0 Å². The lowest BCUT2D eigenvalue weighted by Gasteiger charge is -2.42. The average Bonchev–Trinajstić information content (AvgIpc) is 2.74. The molecule has 0 spiro atoms. The van der Waals surface area contributed by atoms with Crippen molar-refractivity contribution in [1.29, 1.82) is 0 Å². The van der Waals surface area contributed by atoms with Crippen molar-refractivity contribution in [3.8, 4) is 5.75 Å². The standard InChI is InChI=1S/C19H28N2O2/c1-3-15-8-7-9-16(12-15)23-17-13-21(14-17)19(22)18-10-5-4-6-11-20(18)2/h7-9,12,17-18H,3-6,10-11,13-14H2,1-2H3/t18-/m0/s1. The number of benzene rings is 1. The fraction of sp³-hybridized carbons (Fsp3) is 0.632. The summed E-state index contributed by atoms with van der Waals surface area (Å²) in [6.07, 6.45) is 5.77. The van der Waals surface area contributed by atoms with E-state index in [4.69, 9.17) is 4.74 Å². The molecule has 1 atom stereocenters. The van der Waals surface area contributed by atoms with E-state index in [1.807, 2.05) is 17.0 Å². The number of rotatable bonds is 4. The van der Waals surface area contributed by atoms with Gasteiger partial charge in [0.2, 0.25) is 5.91 Å². The molecule has 0 saturated carbocycles. The molecule has 2 saturated heterocycles. The Kier molecular flexibility index (Phi) is 5.21. The lowest BCUT2D eigenvalue weighted by Crippen LogP contribution is -2.60. The Balaban J connectivity index is 1.50. The van der Waals surface area contributed by atoms with E-state index in [-0.39, 0.29) is 18.1 Å². The molecule has 1 aromatic carbocycles. The molecule has 2 fully saturated rings. The monoisotopic (exact) mass is 316 g/mol. The zero-order valence-corrected chi connectivity index (χ0v) is 14.3. The predicted molar refractivity (Wildman–Crippen MR) is 91.7 cm³/mol. The van der Waals surface area contributed by atoms with Crippen LogP contribution in [0, 0.1) is 0 Å². The van der Waals surface area contributed by atoms with Crippen LogP contribution in [-0.4, -0.2) is 54.5 Å². The van der Waals surface area contributed by atoms with Crippen molar-refractivity contribution in [2.24, 2.45) is 0 Å². The van der Waals surface area contributed by atoms with Crippen molar-refractivity contribution in [2.45, 2.75) is 51.2 Å². The summed E-state index contributed by atoms with van der Waals surface area (Å²) < 4.78 is 6.00. The van der Waals surface area contributed by atoms with Gasteiger partial charge in [-0.2, -0.15) is 0 Å². The van der Waals surface area contributed by atoms with Gasteiger partial charge in [0.15, 0.2) is 0 Å². The van der Waals surface area contributed by atoms with E-state index in [0.29, 0.717) is 0 Å². The summed E-state index contributed by atoms with van der Waals surface area (Å²) in [5, 5.41) is 0. The Morgan fingerprint density at radius 3 is 2.87 bits per heavy atom. The number of hydrogen-bond acceptors (Lipinski definition) is 3. The van der Waals surface area contributed by atoms with Gasteiger partial charge in [-0.05, 0) is 50.6 Å². The highest BCUT2D eigenvalue weighted by Crippen LogP contribution is 2.23. The van der Waals surface area contributed by atoms with Crippen LogP contribution in [0.4, 0.5) is 0 Å². The molecule has 0 bridgehead atoms.